The summed E-state index contributed by atoms with van der Waals surface area (Å²) in [5.74, 6) is -3.25. The standard InChI is InChI=1S/C13H17F2N3O2/c1-2-3-9(12(16)18-20)13(19)17-7-8-4-5-10(14)11(15)6-8/h4-6,9,20H,2-3,7H2,1H3,(H2,16,18)(H,17,19). The SMILES string of the molecule is CCCC(C(=O)NCc1ccc(F)c(F)c1)C(N)=NO. The quantitative estimate of drug-likeness (QED) is 0.322. The third-order valence-corrected chi connectivity index (χ3v) is 2.82. The van der Waals surface area contributed by atoms with Crippen molar-refractivity contribution in [2.45, 2.75) is 26.3 Å². The minimum absolute atomic E-state index is 0.0367. The van der Waals surface area contributed by atoms with Gasteiger partial charge in [0.05, 0.1) is 5.92 Å². The van der Waals surface area contributed by atoms with Crippen molar-refractivity contribution in [1.29, 1.82) is 0 Å². The van der Waals surface area contributed by atoms with Crippen LogP contribution in [0.5, 0.6) is 0 Å². The Hall–Kier alpha value is -2.18. The molecular weight excluding hydrogens is 268 g/mol. The fourth-order valence-corrected chi connectivity index (χ4v) is 1.73. The molecule has 4 N–H and O–H groups in total. The lowest BCUT2D eigenvalue weighted by atomic mass is 10.0. The number of oxime groups is 1. The number of nitrogens with zero attached hydrogens (tertiary/aromatic N) is 1. The molecule has 0 aliphatic rings. The zero-order chi connectivity index (χ0) is 15.1. The average molecular weight is 285 g/mol. The average Bonchev–Trinajstić information content (AvgIpc) is 2.44. The molecule has 1 aromatic rings. The van der Waals surface area contributed by atoms with E-state index in [1.165, 1.54) is 6.07 Å². The second kappa shape index (κ2) is 7.42. The van der Waals surface area contributed by atoms with Crippen LogP contribution >= 0.6 is 0 Å². The van der Waals surface area contributed by atoms with Gasteiger partial charge >= 0.3 is 0 Å². The molecule has 0 saturated heterocycles. The molecule has 0 radical (unpaired) electrons. The normalized spacial score (nSPS) is 13.1. The zero-order valence-corrected chi connectivity index (χ0v) is 11.1. The van der Waals surface area contributed by atoms with E-state index in [9.17, 15) is 13.6 Å². The Morgan fingerprint density at radius 1 is 1.45 bits per heavy atom. The van der Waals surface area contributed by atoms with Crippen LogP contribution in [0.15, 0.2) is 23.4 Å². The number of carbonyl (C=O) groups excluding carboxylic acids is 1. The van der Waals surface area contributed by atoms with Gasteiger partial charge in [-0.05, 0) is 24.1 Å². The van der Waals surface area contributed by atoms with Crippen molar-refractivity contribution in [2.24, 2.45) is 16.8 Å². The van der Waals surface area contributed by atoms with Crippen molar-refractivity contribution in [2.75, 3.05) is 0 Å². The van der Waals surface area contributed by atoms with Crippen LogP contribution in [-0.4, -0.2) is 17.0 Å². The number of benzene rings is 1. The number of nitrogens with one attached hydrogen (secondary N) is 1. The highest BCUT2D eigenvalue weighted by Gasteiger charge is 2.21. The minimum atomic E-state index is -0.974. The number of amides is 1. The first-order chi connectivity index (χ1) is 9.49. The van der Waals surface area contributed by atoms with Gasteiger partial charge in [-0.25, -0.2) is 8.78 Å². The minimum Gasteiger partial charge on any atom is -0.409 e. The van der Waals surface area contributed by atoms with Gasteiger partial charge in [0, 0.05) is 6.54 Å². The number of halogens is 2. The summed E-state index contributed by atoms with van der Waals surface area (Å²) in [6, 6.07) is 3.37. The van der Waals surface area contributed by atoms with Crippen LogP contribution in [-0.2, 0) is 11.3 Å². The molecule has 1 rings (SSSR count). The van der Waals surface area contributed by atoms with E-state index in [1.807, 2.05) is 6.92 Å². The first-order valence-corrected chi connectivity index (χ1v) is 6.18. The Balaban J connectivity index is 2.67. The molecule has 0 saturated carbocycles. The molecule has 0 bridgehead atoms. The smallest absolute Gasteiger partial charge is 0.231 e. The van der Waals surface area contributed by atoms with E-state index in [4.69, 9.17) is 10.9 Å². The monoisotopic (exact) mass is 285 g/mol. The molecule has 7 heteroatoms. The summed E-state index contributed by atoms with van der Waals surface area (Å²) in [5.41, 5.74) is 5.87. The number of carbonyl (C=O) groups is 1. The number of nitrogens with two attached hydrogens (primary N) is 1. The van der Waals surface area contributed by atoms with Crippen LogP contribution in [0.25, 0.3) is 0 Å². The first kappa shape index (κ1) is 15.9. The lowest BCUT2D eigenvalue weighted by Gasteiger charge is -2.14. The lowest BCUT2D eigenvalue weighted by Crippen LogP contribution is -2.38. The largest absolute Gasteiger partial charge is 0.409 e. The van der Waals surface area contributed by atoms with Crippen molar-refractivity contribution in [3.63, 3.8) is 0 Å². The van der Waals surface area contributed by atoms with E-state index in [-0.39, 0.29) is 12.4 Å². The number of rotatable bonds is 6. The highest BCUT2D eigenvalue weighted by molar-refractivity contribution is 6.01. The first-order valence-electron chi connectivity index (χ1n) is 6.18. The Bertz CT molecular complexity index is 506. The second-order valence-electron chi connectivity index (χ2n) is 4.33. The molecule has 20 heavy (non-hydrogen) atoms. The highest BCUT2D eigenvalue weighted by Crippen LogP contribution is 2.10. The number of hydrogen-bond donors (Lipinski definition) is 3. The Morgan fingerprint density at radius 3 is 2.70 bits per heavy atom. The molecule has 0 aliphatic heterocycles. The third-order valence-electron chi connectivity index (χ3n) is 2.82. The second-order valence-corrected chi connectivity index (χ2v) is 4.33. The van der Waals surface area contributed by atoms with E-state index in [1.54, 1.807) is 0 Å². The summed E-state index contributed by atoms with van der Waals surface area (Å²) in [6.07, 6.45) is 1.11. The van der Waals surface area contributed by atoms with Gasteiger partial charge in [-0.15, -0.1) is 0 Å². The van der Waals surface area contributed by atoms with E-state index in [0.29, 0.717) is 18.4 Å². The molecule has 5 nitrogen and oxygen atoms in total. The topological polar surface area (TPSA) is 87.7 Å². The van der Waals surface area contributed by atoms with Crippen LogP contribution in [0, 0.1) is 17.6 Å². The molecule has 0 aliphatic carbocycles. The van der Waals surface area contributed by atoms with Gasteiger partial charge in [-0.3, -0.25) is 4.79 Å². The molecule has 0 aromatic heterocycles. The fraction of sp³-hybridized carbons (Fsp3) is 0.385. The van der Waals surface area contributed by atoms with Crippen LogP contribution in [0.1, 0.15) is 25.3 Å². The van der Waals surface area contributed by atoms with Crippen molar-refractivity contribution in [3.05, 3.63) is 35.4 Å². The van der Waals surface area contributed by atoms with Gasteiger partial charge in [-0.1, -0.05) is 24.6 Å². The summed E-state index contributed by atoms with van der Waals surface area (Å²) in [4.78, 5) is 11.9. The third kappa shape index (κ3) is 4.18. The maximum absolute atomic E-state index is 13.0. The Kier molecular flexibility index (Phi) is 5.89. The number of amidine groups is 1. The molecule has 1 unspecified atom stereocenters. The van der Waals surface area contributed by atoms with E-state index in [0.717, 1.165) is 12.1 Å². The zero-order valence-electron chi connectivity index (χ0n) is 11.1. The summed E-state index contributed by atoms with van der Waals surface area (Å²) in [5, 5.41) is 14.0. The van der Waals surface area contributed by atoms with Gasteiger partial charge in [0.15, 0.2) is 17.5 Å². The maximum Gasteiger partial charge on any atom is 0.231 e. The van der Waals surface area contributed by atoms with Crippen molar-refractivity contribution < 1.29 is 18.8 Å². The fourth-order valence-electron chi connectivity index (χ4n) is 1.73. The van der Waals surface area contributed by atoms with Crippen molar-refractivity contribution in [3.8, 4) is 0 Å². The Morgan fingerprint density at radius 2 is 2.15 bits per heavy atom. The van der Waals surface area contributed by atoms with Crippen LogP contribution < -0.4 is 11.1 Å². The molecule has 0 spiro atoms. The molecule has 0 fully saturated rings. The molecule has 1 atom stereocenters. The molecular formula is C13H17F2N3O2. The highest BCUT2D eigenvalue weighted by atomic mass is 19.2. The van der Waals surface area contributed by atoms with Gasteiger partial charge in [0.1, 0.15) is 0 Å². The molecule has 1 amide bonds. The maximum atomic E-state index is 13.0. The summed E-state index contributed by atoms with van der Waals surface area (Å²) >= 11 is 0. The van der Waals surface area contributed by atoms with E-state index < -0.39 is 23.5 Å². The Labute approximate surface area is 115 Å². The molecule has 1 aromatic carbocycles. The molecule has 0 heterocycles. The predicted molar refractivity (Wildman–Crippen MR) is 70.0 cm³/mol. The van der Waals surface area contributed by atoms with Gasteiger partial charge in [0.2, 0.25) is 5.91 Å². The van der Waals surface area contributed by atoms with Crippen molar-refractivity contribution >= 4 is 11.7 Å². The van der Waals surface area contributed by atoms with Gasteiger partial charge in [0.25, 0.3) is 0 Å². The summed E-state index contributed by atoms with van der Waals surface area (Å²) in [7, 11) is 0. The van der Waals surface area contributed by atoms with Gasteiger partial charge in [-0.2, -0.15) is 0 Å². The summed E-state index contributed by atoms with van der Waals surface area (Å²) < 4.78 is 25.8. The lowest BCUT2D eigenvalue weighted by molar-refractivity contribution is -0.123. The van der Waals surface area contributed by atoms with E-state index in [2.05, 4.69) is 10.5 Å². The number of hydrogen-bond acceptors (Lipinski definition) is 3. The molecule has 110 valence electrons. The van der Waals surface area contributed by atoms with Gasteiger partial charge < -0.3 is 16.3 Å². The summed E-state index contributed by atoms with van der Waals surface area (Å²) in [6.45, 7) is 1.90. The van der Waals surface area contributed by atoms with Crippen LogP contribution in [0.2, 0.25) is 0 Å². The van der Waals surface area contributed by atoms with E-state index >= 15 is 0 Å². The van der Waals surface area contributed by atoms with Crippen LogP contribution in [0.3, 0.4) is 0 Å². The van der Waals surface area contributed by atoms with Crippen molar-refractivity contribution in [1.82, 2.24) is 5.32 Å². The van der Waals surface area contributed by atoms with Crippen LogP contribution in [0.4, 0.5) is 8.78 Å². The predicted octanol–water partition coefficient (Wildman–Crippen LogP) is 1.74.